The predicted octanol–water partition coefficient (Wildman–Crippen LogP) is 4.64. The number of fused-ring (bicyclic) bond motifs is 1. The molecule has 0 bridgehead atoms. The van der Waals surface area contributed by atoms with Gasteiger partial charge in [-0.05, 0) is 56.5 Å². The zero-order valence-electron chi connectivity index (χ0n) is 19.7. The number of aromatic nitrogens is 3. The first-order chi connectivity index (χ1) is 16.5. The van der Waals surface area contributed by atoms with Crippen molar-refractivity contribution in [3.63, 3.8) is 0 Å². The molecule has 2 aromatic heterocycles. The van der Waals surface area contributed by atoms with E-state index in [0.29, 0.717) is 13.1 Å². The van der Waals surface area contributed by atoms with Crippen LogP contribution in [0.15, 0.2) is 48.5 Å². The standard InChI is InChI=1S/C26H29N5O2S/c1-17-9-11-21(12-10-17)31-24-23(18(2)29-31)34-26(28-24)30-13-5-7-20(16-30)25(32)27-15-19-6-4-8-22(14-19)33-3/h4,6,8-12,14,20H,5,7,13,15-16H2,1-3H3,(H,27,32)/t20-/m0/s1. The molecule has 176 valence electrons. The summed E-state index contributed by atoms with van der Waals surface area (Å²) in [6.07, 6.45) is 1.86. The highest BCUT2D eigenvalue weighted by molar-refractivity contribution is 7.22. The van der Waals surface area contributed by atoms with Gasteiger partial charge >= 0.3 is 0 Å². The van der Waals surface area contributed by atoms with Gasteiger partial charge in [0, 0.05) is 19.6 Å². The SMILES string of the molecule is COc1cccc(CNC(=O)[C@H]2CCCN(c3nc4c(s3)c(C)nn4-c3ccc(C)cc3)C2)c1. The molecule has 34 heavy (non-hydrogen) atoms. The van der Waals surface area contributed by atoms with Crippen molar-refractivity contribution in [3.05, 3.63) is 65.4 Å². The van der Waals surface area contributed by atoms with Crippen molar-refractivity contribution in [2.24, 2.45) is 5.92 Å². The number of aryl methyl sites for hydroxylation is 2. The lowest BCUT2D eigenvalue weighted by molar-refractivity contribution is -0.125. The lowest BCUT2D eigenvalue weighted by Gasteiger charge is -2.31. The van der Waals surface area contributed by atoms with Crippen LogP contribution in [0.1, 0.15) is 29.7 Å². The molecule has 0 unspecified atom stereocenters. The van der Waals surface area contributed by atoms with E-state index in [2.05, 4.69) is 41.4 Å². The molecule has 4 aromatic rings. The van der Waals surface area contributed by atoms with Crippen LogP contribution in [0.3, 0.4) is 0 Å². The molecule has 1 aliphatic rings. The number of benzene rings is 2. The number of ether oxygens (including phenoxy) is 1. The van der Waals surface area contributed by atoms with Crippen LogP contribution in [-0.4, -0.2) is 40.9 Å². The van der Waals surface area contributed by atoms with Crippen molar-refractivity contribution in [2.75, 3.05) is 25.1 Å². The Balaban J connectivity index is 1.30. The fourth-order valence-electron chi connectivity index (χ4n) is 4.41. The molecule has 1 N–H and O–H groups in total. The van der Waals surface area contributed by atoms with E-state index in [4.69, 9.17) is 14.8 Å². The van der Waals surface area contributed by atoms with Gasteiger partial charge in [0.25, 0.3) is 0 Å². The number of thiazole rings is 1. The number of amides is 1. The largest absolute Gasteiger partial charge is 0.497 e. The third kappa shape index (κ3) is 4.50. The van der Waals surface area contributed by atoms with Gasteiger partial charge in [0.15, 0.2) is 10.8 Å². The van der Waals surface area contributed by atoms with Gasteiger partial charge in [-0.25, -0.2) is 4.68 Å². The summed E-state index contributed by atoms with van der Waals surface area (Å²) < 4.78 is 8.30. The number of anilines is 1. The molecule has 0 saturated carbocycles. The van der Waals surface area contributed by atoms with Crippen LogP contribution in [0, 0.1) is 19.8 Å². The second-order valence-corrected chi connectivity index (χ2v) is 9.81. The first-order valence-corrected chi connectivity index (χ1v) is 12.4. The Morgan fingerprint density at radius 3 is 2.82 bits per heavy atom. The highest BCUT2D eigenvalue weighted by Gasteiger charge is 2.28. The van der Waals surface area contributed by atoms with Crippen molar-refractivity contribution in [1.29, 1.82) is 0 Å². The molecule has 2 aromatic carbocycles. The summed E-state index contributed by atoms with van der Waals surface area (Å²) in [6.45, 7) is 6.19. The Morgan fingerprint density at radius 1 is 1.21 bits per heavy atom. The Morgan fingerprint density at radius 2 is 2.03 bits per heavy atom. The molecule has 1 saturated heterocycles. The maximum absolute atomic E-state index is 12.9. The molecule has 7 nitrogen and oxygen atoms in total. The summed E-state index contributed by atoms with van der Waals surface area (Å²) in [6, 6.07) is 16.1. The van der Waals surface area contributed by atoms with Crippen molar-refractivity contribution in [3.8, 4) is 11.4 Å². The Kier molecular flexibility index (Phi) is 6.24. The number of carbonyl (C=O) groups is 1. The molecule has 1 amide bonds. The van der Waals surface area contributed by atoms with Gasteiger partial charge in [-0.2, -0.15) is 10.1 Å². The van der Waals surface area contributed by atoms with E-state index in [9.17, 15) is 4.79 Å². The first kappa shape index (κ1) is 22.4. The van der Waals surface area contributed by atoms with E-state index < -0.39 is 0 Å². The minimum absolute atomic E-state index is 0.0546. The topological polar surface area (TPSA) is 72.3 Å². The molecule has 0 spiro atoms. The van der Waals surface area contributed by atoms with Crippen LogP contribution < -0.4 is 15.0 Å². The summed E-state index contributed by atoms with van der Waals surface area (Å²) in [7, 11) is 1.65. The predicted molar refractivity (Wildman–Crippen MR) is 136 cm³/mol. The fraction of sp³-hybridized carbons (Fsp3) is 0.346. The number of rotatable bonds is 6. The van der Waals surface area contributed by atoms with Gasteiger partial charge in [0.1, 0.15) is 5.75 Å². The van der Waals surface area contributed by atoms with E-state index in [1.165, 1.54) is 5.56 Å². The van der Waals surface area contributed by atoms with Crippen LogP contribution in [-0.2, 0) is 11.3 Å². The Hall–Kier alpha value is -3.39. The van der Waals surface area contributed by atoms with E-state index in [-0.39, 0.29) is 11.8 Å². The molecule has 0 radical (unpaired) electrons. The summed E-state index contributed by atoms with van der Waals surface area (Å²) >= 11 is 1.66. The number of piperidine rings is 1. The Bertz CT molecular complexity index is 1310. The second kappa shape index (κ2) is 9.46. The average molecular weight is 476 g/mol. The molecule has 0 aliphatic carbocycles. The monoisotopic (exact) mass is 475 g/mol. The van der Waals surface area contributed by atoms with E-state index >= 15 is 0 Å². The van der Waals surface area contributed by atoms with E-state index in [1.807, 2.05) is 35.9 Å². The number of hydrogen-bond donors (Lipinski definition) is 1. The summed E-state index contributed by atoms with van der Waals surface area (Å²) in [4.78, 5) is 20.2. The van der Waals surface area contributed by atoms with Crippen LogP contribution in [0.5, 0.6) is 5.75 Å². The minimum Gasteiger partial charge on any atom is -0.497 e. The van der Waals surface area contributed by atoms with Gasteiger partial charge in [-0.3, -0.25) is 4.79 Å². The minimum atomic E-state index is -0.0546. The van der Waals surface area contributed by atoms with Crippen molar-refractivity contribution in [2.45, 2.75) is 33.2 Å². The normalized spacial score (nSPS) is 16.1. The zero-order valence-corrected chi connectivity index (χ0v) is 20.6. The molecule has 5 rings (SSSR count). The van der Waals surface area contributed by atoms with Gasteiger partial charge in [0.2, 0.25) is 5.91 Å². The van der Waals surface area contributed by atoms with E-state index in [1.54, 1.807) is 18.4 Å². The van der Waals surface area contributed by atoms with Crippen molar-refractivity contribution < 1.29 is 9.53 Å². The number of nitrogens with one attached hydrogen (secondary N) is 1. The van der Waals surface area contributed by atoms with Crippen LogP contribution >= 0.6 is 11.3 Å². The lowest BCUT2D eigenvalue weighted by atomic mass is 9.97. The average Bonchev–Trinajstić information content (AvgIpc) is 3.44. The molecule has 8 heteroatoms. The molecule has 3 heterocycles. The van der Waals surface area contributed by atoms with E-state index in [0.717, 1.165) is 57.6 Å². The zero-order chi connectivity index (χ0) is 23.7. The molecule has 1 atom stereocenters. The quantitative estimate of drug-likeness (QED) is 0.440. The molecular formula is C26H29N5O2S. The maximum atomic E-state index is 12.9. The fourth-order valence-corrected chi connectivity index (χ4v) is 5.43. The van der Waals surface area contributed by atoms with Crippen LogP contribution in [0.4, 0.5) is 5.13 Å². The maximum Gasteiger partial charge on any atom is 0.225 e. The smallest absolute Gasteiger partial charge is 0.225 e. The second-order valence-electron chi connectivity index (χ2n) is 8.84. The van der Waals surface area contributed by atoms with Crippen LogP contribution in [0.2, 0.25) is 0 Å². The van der Waals surface area contributed by atoms with Crippen LogP contribution in [0.25, 0.3) is 16.0 Å². The Labute approximate surface area is 203 Å². The van der Waals surface area contributed by atoms with Crippen molar-refractivity contribution >= 4 is 32.7 Å². The number of hydrogen-bond acceptors (Lipinski definition) is 6. The third-order valence-electron chi connectivity index (χ3n) is 6.32. The lowest BCUT2D eigenvalue weighted by Crippen LogP contribution is -2.43. The number of methoxy groups -OCH3 is 1. The molecular weight excluding hydrogens is 446 g/mol. The number of nitrogens with zero attached hydrogens (tertiary/aromatic N) is 4. The van der Waals surface area contributed by atoms with Gasteiger partial charge in [0.05, 0.1) is 29.1 Å². The van der Waals surface area contributed by atoms with Gasteiger partial charge in [-0.15, -0.1) is 0 Å². The summed E-state index contributed by atoms with van der Waals surface area (Å²) in [5.74, 6) is 0.836. The number of carbonyl (C=O) groups excluding carboxylic acids is 1. The molecule has 1 aliphatic heterocycles. The first-order valence-electron chi connectivity index (χ1n) is 11.6. The van der Waals surface area contributed by atoms with Crippen molar-refractivity contribution in [1.82, 2.24) is 20.1 Å². The molecule has 1 fully saturated rings. The van der Waals surface area contributed by atoms with Gasteiger partial charge in [-0.1, -0.05) is 41.2 Å². The summed E-state index contributed by atoms with van der Waals surface area (Å²) in [5, 5.41) is 8.78. The van der Waals surface area contributed by atoms with Gasteiger partial charge < -0.3 is 15.0 Å². The highest BCUT2D eigenvalue weighted by Crippen LogP contribution is 2.34. The highest BCUT2D eigenvalue weighted by atomic mass is 32.1. The summed E-state index contributed by atoms with van der Waals surface area (Å²) in [5.41, 5.74) is 5.11. The third-order valence-corrected chi connectivity index (χ3v) is 7.53.